The minimum atomic E-state index is -4.52. The predicted octanol–water partition coefficient (Wildman–Crippen LogP) is 3.61. The molecule has 0 N–H and O–H groups in total. The number of imidazole rings is 1. The fourth-order valence-electron chi connectivity index (χ4n) is 3.30. The first-order valence-electron chi connectivity index (χ1n) is 9.76. The topological polar surface area (TPSA) is 67.2 Å². The molecule has 0 bridgehead atoms. The van der Waals surface area contributed by atoms with E-state index in [1.54, 1.807) is 27.7 Å². The molecular formula is C20H25F3N4O3. The number of piperazine rings is 1. The molecule has 0 aliphatic carbocycles. The van der Waals surface area contributed by atoms with Crippen LogP contribution in [0.15, 0.2) is 18.3 Å². The third-order valence-electron chi connectivity index (χ3n) is 4.77. The van der Waals surface area contributed by atoms with E-state index in [0.717, 1.165) is 12.3 Å². The van der Waals surface area contributed by atoms with Crippen LogP contribution in [0.1, 0.15) is 49.4 Å². The van der Waals surface area contributed by atoms with Gasteiger partial charge in [0.25, 0.3) is 5.91 Å². The second-order valence-corrected chi connectivity index (χ2v) is 8.16. The third kappa shape index (κ3) is 4.52. The van der Waals surface area contributed by atoms with Crippen molar-refractivity contribution in [2.24, 2.45) is 0 Å². The lowest BCUT2D eigenvalue weighted by Crippen LogP contribution is -2.51. The van der Waals surface area contributed by atoms with Gasteiger partial charge in [-0.25, -0.2) is 9.78 Å². The summed E-state index contributed by atoms with van der Waals surface area (Å²) in [5.41, 5.74) is -0.611. The summed E-state index contributed by atoms with van der Waals surface area (Å²) in [4.78, 5) is 32.7. The number of hydrogen-bond donors (Lipinski definition) is 0. The van der Waals surface area contributed by atoms with Gasteiger partial charge in [-0.3, -0.25) is 9.20 Å². The smallest absolute Gasteiger partial charge is 0.417 e. The van der Waals surface area contributed by atoms with Crippen LogP contribution in [0, 0.1) is 0 Å². The second-order valence-electron chi connectivity index (χ2n) is 8.16. The first-order chi connectivity index (χ1) is 13.9. The molecule has 0 spiro atoms. The minimum Gasteiger partial charge on any atom is -0.444 e. The van der Waals surface area contributed by atoms with Crippen molar-refractivity contribution >= 4 is 17.6 Å². The Morgan fingerprint density at radius 1 is 1.07 bits per heavy atom. The molecule has 2 aromatic rings. The Hall–Kier alpha value is -2.78. The number of aryl methyl sites for hydroxylation is 1. The molecule has 0 unspecified atom stereocenters. The number of rotatable bonds is 2. The standard InChI is InChI=1S/C20H25F3N4O3/c1-5-14-16(27-12-13(20(21,22)23)6-7-15(27)24-14)17(28)25-8-10-26(11-9-25)18(29)30-19(2,3)4/h6-7,12H,5,8-11H2,1-4H3. The summed E-state index contributed by atoms with van der Waals surface area (Å²) < 4.78 is 46.0. The third-order valence-corrected chi connectivity index (χ3v) is 4.77. The van der Waals surface area contributed by atoms with Gasteiger partial charge >= 0.3 is 12.3 Å². The molecule has 30 heavy (non-hydrogen) atoms. The molecule has 1 fully saturated rings. The van der Waals surface area contributed by atoms with E-state index in [1.807, 2.05) is 0 Å². The summed E-state index contributed by atoms with van der Waals surface area (Å²) in [6.07, 6.45) is -3.66. The molecule has 3 rings (SSSR count). The summed E-state index contributed by atoms with van der Waals surface area (Å²) in [5, 5.41) is 0. The van der Waals surface area contributed by atoms with Crippen molar-refractivity contribution in [2.75, 3.05) is 26.2 Å². The first-order valence-corrected chi connectivity index (χ1v) is 9.76. The fourth-order valence-corrected chi connectivity index (χ4v) is 3.30. The normalized spacial score (nSPS) is 15.6. The van der Waals surface area contributed by atoms with E-state index >= 15 is 0 Å². The van der Waals surface area contributed by atoms with E-state index in [4.69, 9.17) is 4.74 Å². The summed E-state index contributed by atoms with van der Waals surface area (Å²) >= 11 is 0. The molecule has 2 aromatic heterocycles. The van der Waals surface area contributed by atoms with Crippen LogP contribution in [-0.2, 0) is 17.3 Å². The highest BCUT2D eigenvalue weighted by atomic mass is 19.4. The molecule has 1 saturated heterocycles. The fraction of sp³-hybridized carbons (Fsp3) is 0.550. The zero-order valence-corrected chi connectivity index (χ0v) is 17.4. The van der Waals surface area contributed by atoms with Gasteiger partial charge in [-0.1, -0.05) is 6.92 Å². The first kappa shape index (κ1) is 21.9. The van der Waals surface area contributed by atoms with Crippen molar-refractivity contribution in [1.82, 2.24) is 19.2 Å². The molecule has 0 atom stereocenters. The molecule has 0 radical (unpaired) electrons. The van der Waals surface area contributed by atoms with E-state index in [9.17, 15) is 22.8 Å². The lowest BCUT2D eigenvalue weighted by atomic mass is 10.2. The Morgan fingerprint density at radius 3 is 2.20 bits per heavy atom. The van der Waals surface area contributed by atoms with E-state index in [0.29, 0.717) is 12.1 Å². The van der Waals surface area contributed by atoms with Crippen molar-refractivity contribution in [2.45, 2.75) is 45.9 Å². The number of aromatic nitrogens is 2. The van der Waals surface area contributed by atoms with Crippen LogP contribution in [0.25, 0.3) is 5.65 Å². The van der Waals surface area contributed by atoms with Gasteiger partial charge < -0.3 is 14.5 Å². The number of hydrogen-bond acceptors (Lipinski definition) is 4. The van der Waals surface area contributed by atoms with Gasteiger partial charge in [-0.2, -0.15) is 13.2 Å². The zero-order valence-electron chi connectivity index (χ0n) is 17.4. The zero-order chi connectivity index (χ0) is 22.3. The lowest BCUT2D eigenvalue weighted by molar-refractivity contribution is -0.137. The van der Waals surface area contributed by atoms with Crippen LogP contribution in [-0.4, -0.2) is 63.0 Å². The van der Waals surface area contributed by atoms with Crippen LogP contribution in [0.5, 0.6) is 0 Å². The Kier molecular flexibility index (Phi) is 5.70. The number of nitrogens with zero attached hydrogens (tertiary/aromatic N) is 4. The second kappa shape index (κ2) is 7.81. The van der Waals surface area contributed by atoms with Crippen molar-refractivity contribution < 1.29 is 27.5 Å². The monoisotopic (exact) mass is 426 g/mol. The molecule has 1 aliphatic rings. The number of alkyl halides is 3. The highest BCUT2D eigenvalue weighted by Crippen LogP contribution is 2.30. The predicted molar refractivity (Wildman–Crippen MR) is 103 cm³/mol. The van der Waals surface area contributed by atoms with E-state index in [1.165, 1.54) is 20.3 Å². The highest BCUT2D eigenvalue weighted by molar-refractivity contribution is 5.95. The maximum atomic E-state index is 13.2. The number of halogens is 3. The Bertz CT molecular complexity index is 955. The molecule has 2 amide bonds. The number of pyridine rings is 1. The van der Waals surface area contributed by atoms with Gasteiger partial charge in [0.05, 0.1) is 11.3 Å². The van der Waals surface area contributed by atoms with Crippen molar-refractivity contribution in [1.29, 1.82) is 0 Å². The average molecular weight is 426 g/mol. The summed E-state index contributed by atoms with van der Waals surface area (Å²) in [5.74, 6) is -0.400. The van der Waals surface area contributed by atoms with Gasteiger partial charge in [-0.15, -0.1) is 0 Å². The van der Waals surface area contributed by atoms with E-state index in [-0.39, 0.29) is 37.5 Å². The number of carbonyl (C=O) groups excluding carboxylic acids is 2. The molecule has 10 heteroatoms. The van der Waals surface area contributed by atoms with Crippen LogP contribution in [0.3, 0.4) is 0 Å². The molecular weight excluding hydrogens is 401 g/mol. The Balaban J connectivity index is 1.82. The maximum Gasteiger partial charge on any atom is 0.417 e. The molecule has 1 aliphatic heterocycles. The van der Waals surface area contributed by atoms with Gasteiger partial charge in [-0.05, 0) is 39.3 Å². The van der Waals surface area contributed by atoms with Gasteiger partial charge in [0.1, 0.15) is 16.9 Å². The minimum absolute atomic E-state index is 0.129. The van der Waals surface area contributed by atoms with Gasteiger partial charge in [0.15, 0.2) is 0 Å². The largest absolute Gasteiger partial charge is 0.444 e. The molecule has 164 valence electrons. The maximum absolute atomic E-state index is 13.2. The van der Waals surface area contributed by atoms with Crippen molar-refractivity contribution in [3.05, 3.63) is 35.3 Å². The van der Waals surface area contributed by atoms with Crippen LogP contribution >= 0.6 is 0 Å². The molecule has 3 heterocycles. The van der Waals surface area contributed by atoms with Gasteiger partial charge in [0, 0.05) is 32.4 Å². The number of fused-ring (bicyclic) bond motifs is 1. The summed E-state index contributed by atoms with van der Waals surface area (Å²) in [7, 11) is 0. The summed E-state index contributed by atoms with van der Waals surface area (Å²) in [6, 6.07) is 2.22. The Labute approximate surface area is 172 Å². The van der Waals surface area contributed by atoms with Crippen molar-refractivity contribution in [3.8, 4) is 0 Å². The summed E-state index contributed by atoms with van der Waals surface area (Å²) in [6.45, 7) is 8.20. The van der Waals surface area contributed by atoms with Crippen LogP contribution < -0.4 is 0 Å². The Morgan fingerprint density at radius 2 is 1.67 bits per heavy atom. The number of ether oxygens (including phenoxy) is 1. The number of carbonyl (C=O) groups is 2. The van der Waals surface area contributed by atoms with Crippen LogP contribution in [0.2, 0.25) is 0 Å². The lowest BCUT2D eigenvalue weighted by Gasteiger charge is -2.35. The SMILES string of the molecule is CCc1nc2ccc(C(F)(F)F)cn2c1C(=O)N1CCN(C(=O)OC(C)(C)C)CC1. The highest BCUT2D eigenvalue weighted by Gasteiger charge is 2.33. The molecule has 0 aromatic carbocycles. The quantitative estimate of drug-likeness (QED) is 0.736. The van der Waals surface area contributed by atoms with E-state index < -0.39 is 29.3 Å². The average Bonchev–Trinajstić information content (AvgIpc) is 3.03. The molecule has 0 saturated carbocycles. The number of amides is 2. The molecule has 7 nitrogen and oxygen atoms in total. The van der Waals surface area contributed by atoms with Crippen LogP contribution in [0.4, 0.5) is 18.0 Å². The van der Waals surface area contributed by atoms with Gasteiger partial charge in [0.2, 0.25) is 0 Å². The van der Waals surface area contributed by atoms with E-state index in [2.05, 4.69) is 4.98 Å². The van der Waals surface area contributed by atoms with Crippen molar-refractivity contribution in [3.63, 3.8) is 0 Å².